The van der Waals surface area contributed by atoms with Gasteiger partial charge in [-0.05, 0) is 79.8 Å². The fourth-order valence-corrected chi connectivity index (χ4v) is 10.6. The van der Waals surface area contributed by atoms with E-state index in [2.05, 4.69) is 61.4 Å². The van der Waals surface area contributed by atoms with Crippen molar-refractivity contribution in [2.75, 3.05) is 19.6 Å². The number of nitriles is 1. The topological polar surface area (TPSA) is 178 Å². The summed E-state index contributed by atoms with van der Waals surface area (Å²) in [6.45, 7) is 14.8. The minimum Gasteiger partial charge on any atom is -0.489 e. The minimum absolute atomic E-state index is 0.00591. The van der Waals surface area contributed by atoms with Gasteiger partial charge in [0.05, 0.1) is 34.8 Å². The summed E-state index contributed by atoms with van der Waals surface area (Å²) in [5, 5.41) is 31.0. The van der Waals surface area contributed by atoms with E-state index in [4.69, 9.17) is 32.5 Å². The number of β-amino-alcohol motifs (C(OH)–C–C–N with tert-alkyl or cyclic N) is 1. The number of piperidine rings is 1. The number of aliphatic hydroxyl groups is 1. The Morgan fingerprint density at radius 3 is 2.24 bits per heavy atom. The average molecular weight is 950 g/mol. The van der Waals surface area contributed by atoms with E-state index in [0.29, 0.717) is 69.9 Å². The Labute approximate surface area is 402 Å². The summed E-state index contributed by atoms with van der Waals surface area (Å²) in [5.41, 5.74) is 2.19. The molecule has 1 saturated carbocycles. The van der Waals surface area contributed by atoms with Gasteiger partial charge in [0.15, 0.2) is 0 Å². The maximum Gasteiger partial charge on any atom is 0.251 e. The zero-order chi connectivity index (χ0) is 48.4. The SMILES string of the molecule is Cc1cc([C@H](C(=O)N2C[C@H](O)C[C@H]2C(=O)N[C@@H](CC(=O)N2CCC(C#Cc3ccc(C(=O)NC4C(C)(C)C(Oc5ccc(C#N)c(Cl)c5)C4(C)C)cc3)CC2)c2ccc(Cl)cc2)C(C)C)on1. The summed E-state index contributed by atoms with van der Waals surface area (Å²) in [6, 6.07) is 21.1. The van der Waals surface area contributed by atoms with Crippen LogP contribution >= 0.6 is 23.2 Å². The number of hydrogen-bond donors (Lipinski definition) is 3. The first kappa shape index (κ1) is 49.1. The standard InChI is InChI=1S/C52H58Cl2N6O7/c1-30(2)45(43-24-31(3)58-67-43)48(65)60-29-38(61)25-42(60)47(64)56-41(34-14-17-37(53)18-15-34)27-44(62)59-22-20-33(21-23-59)9-8-32-10-12-35(13-11-32)46(63)57-49-51(4,5)50(52(49,6)7)66-39-19-16-36(28-55)40(54)26-39/h10-19,24,26,30,33,38,41-42,45,49-50,61H,20-23,25,27,29H2,1-7H3,(H,56,64)(H,57,63)/t38-,41+,42+,45-,49?,50?/m1/s1. The van der Waals surface area contributed by atoms with Crippen LogP contribution in [0.3, 0.4) is 0 Å². The van der Waals surface area contributed by atoms with Crippen LogP contribution in [0.1, 0.15) is 118 Å². The maximum absolute atomic E-state index is 14.1. The second-order valence-corrected chi connectivity index (χ2v) is 20.5. The van der Waals surface area contributed by atoms with Crippen molar-refractivity contribution >= 4 is 46.8 Å². The highest BCUT2D eigenvalue weighted by atomic mass is 35.5. The van der Waals surface area contributed by atoms with Crippen molar-refractivity contribution in [3.63, 3.8) is 0 Å². The monoisotopic (exact) mass is 948 g/mol. The number of amides is 4. The molecule has 3 heterocycles. The van der Waals surface area contributed by atoms with E-state index in [1.807, 2.05) is 26.0 Å². The fourth-order valence-electron chi connectivity index (χ4n) is 10.2. The number of carbonyl (C=O) groups is 4. The number of ether oxygens (including phenoxy) is 1. The molecule has 4 atom stereocenters. The Bertz CT molecular complexity index is 2570. The number of rotatable bonds is 12. The van der Waals surface area contributed by atoms with E-state index < -0.39 is 40.8 Å². The van der Waals surface area contributed by atoms with Gasteiger partial charge in [-0.1, -0.05) is 93.9 Å². The molecule has 0 spiro atoms. The van der Waals surface area contributed by atoms with Crippen LogP contribution < -0.4 is 15.4 Å². The number of hydrogen-bond acceptors (Lipinski definition) is 9. The summed E-state index contributed by atoms with van der Waals surface area (Å²) < 4.78 is 11.8. The lowest BCUT2D eigenvalue weighted by Gasteiger charge is -2.63. The molecular weight excluding hydrogens is 892 g/mol. The molecule has 3 aromatic carbocycles. The highest BCUT2D eigenvalue weighted by Gasteiger charge is 2.64. The zero-order valence-electron chi connectivity index (χ0n) is 38.9. The minimum atomic E-state index is -0.954. The first-order valence-corrected chi connectivity index (χ1v) is 23.6. The van der Waals surface area contributed by atoms with Gasteiger partial charge >= 0.3 is 0 Å². The molecular formula is C52H58Cl2N6O7. The van der Waals surface area contributed by atoms with Crippen LogP contribution in [0.25, 0.3) is 0 Å². The number of nitrogens with one attached hydrogen (secondary N) is 2. The molecule has 7 rings (SSSR count). The lowest BCUT2D eigenvalue weighted by atomic mass is 9.49. The summed E-state index contributed by atoms with van der Waals surface area (Å²) >= 11 is 12.5. The van der Waals surface area contributed by atoms with Crippen LogP contribution in [0.5, 0.6) is 5.75 Å². The third-order valence-electron chi connectivity index (χ3n) is 13.6. The van der Waals surface area contributed by atoms with Crippen LogP contribution in [-0.4, -0.2) is 87.6 Å². The van der Waals surface area contributed by atoms with Crippen molar-refractivity contribution in [3.8, 4) is 23.7 Å². The molecule has 4 amide bonds. The van der Waals surface area contributed by atoms with Crippen LogP contribution in [0, 0.1) is 52.8 Å². The molecule has 2 aliphatic heterocycles. The molecule has 2 saturated heterocycles. The smallest absolute Gasteiger partial charge is 0.251 e. The van der Waals surface area contributed by atoms with Crippen LogP contribution in [0.2, 0.25) is 10.0 Å². The molecule has 0 bridgehead atoms. The Morgan fingerprint density at radius 1 is 0.970 bits per heavy atom. The number of aromatic nitrogens is 1. The summed E-state index contributed by atoms with van der Waals surface area (Å²) in [4.78, 5) is 58.7. The van der Waals surface area contributed by atoms with Gasteiger partial charge in [-0.25, -0.2) is 0 Å². The van der Waals surface area contributed by atoms with Crippen LogP contribution in [0.15, 0.2) is 77.3 Å². The normalized spacial score (nSPS) is 21.8. The molecule has 67 heavy (non-hydrogen) atoms. The van der Waals surface area contributed by atoms with E-state index in [9.17, 15) is 29.5 Å². The predicted molar refractivity (Wildman–Crippen MR) is 254 cm³/mol. The van der Waals surface area contributed by atoms with E-state index >= 15 is 0 Å². The van der Waals surface area contributed by atoms with Crippen molar-refractivity contribution in [2.45, 2.75) is 110 Å². The molecule has 13 nitrogen and oxygen atoms in total. The zero-order valence-corrected chi connectivity index (χ0v) is 40.5. The van der Waals surface area contributed by atoms with E-state index in [-0.39, 0.29) is 61.1 Å². The lowest BCUT2D eigenvalue weighted by Crippen LogP contribution is -2.74. The highest BCUT2D eigenvalue weighted by molar-refractivity contribution is 6.31. The first-order valence-electron chi connectivity index (χ1n) is 22.8. The predicted octanol–water partition coefficient (Wildman–Crippen LogP) is 8.01. The van der Waals surface area contributed by atoms with Gasteiger partial charge < -0.3 is 34.8 Å². The van der Waals surface area contributed by atoms with Gasteiger partial charge in [0.2, 0.25) is 17.7 Å². The molecule has 1 aliphatic carbocycles. The van der Waals surface area contributed by atoms with Gasteiger partial charge in [-0.3, -0.25) is 19.2 Å². The van der Waals surface area contributed by atoms with Crippen LogP contribution in [-0.2, 0) is 14.4 Å². The van der Waals surface area contributed by atoms with E-state index in [1.165, 1.54) is 4.90 Å². The molecule has 0 radical (unpaired) electrons. The number of aryl methyl sites for hydroxylation is 1. The molecule has 3 aliphatic rings. The van der Waals surface area contributed by atoms with Crippen molar-refractivity contribution in [3.05, 3.63) is 117 Å². The second-order valence-electron chi connectivity index (χ2n) is 19.6. The summed E-state index contributed by atoms with van der Waals surface area (Å²) in [5.74, 6) is 5.68. The second kappa shape index (κ2) is 20.2. The number of aliphatic hydroxyl groups excluding tert-OH is 1. The van der Waals surface area contributed by atoms with Gasteiger partial charge in [0.1, 0.15) is 35.6 Å². The summed E-state index contributed by atoms with van der Waals surface area (Å²) in [6.07, 6.45) is 0.268. The largest absolute Gasteiger partial charge is 0.489 e. The lowest BCUT2D eigenvalue weighted by molar-refractivity contribution is -0.164. The molecule has 15 heteroatoms. The number of benzene rings is 3. The molecule has 3 fully saturated rings. The third kappa shape index (κ3) is 10.8. The number of nitrogens with zero attached hydrogens (tertiary/aromatic N) is 4. The Morgan fingerprint density at radius 2 is 1.64 bits per heavy atom. The third-order valence-corrected chi connectivity index (χ3v) is 14.1. The van der Waals surface area contributed by atoms with E-state index in [1.54, 1.807) is 72.5 Å². The Kier molecular flexibility index (Phi) is 14.8. The molecule has 4 aromatic rings. The van der Waals surface area contributed by atoms with Gasteiger partial charge in [-0.2, -0.15) is 5.26 Å². The van der Waals surface area contributed by atoms with E-state index in [0.717, 1.165) is 5.56 Å². The summed E-state index contributed by atoms with van der Waals surface area (Å²) in [7, 11) is 0. The molecule has 352 valence electrons. The van der Waals surface area contributed by atoms with Gasteiger partial charge in [0, 0.05) is 77.1 Å². The number of halogens is 2. The Hall–Kier alpha value is -5.86. The number of carbonyl (C=O) groups excluding carboxylic acids is 4. The van der Waals surface area contributed by atoms with Crippen LogP contribution in [0.4, 0.5) is 0 Å². The van der Waals surface area contributed by atoms with Gasteiger partial charge in [-0.15, -0.1) is 0 Å². The maximum atomic E-state index is 14.1. The van der Waals surface area contributed by atoms with Crippen molar-refractivity contribution in [1.82, 2.24) is 25.6 Å². The fraction of sp³-hybridized carbons (Fsp3) is 0.462. The average Bonchev–Trinajstić information content (AvgIpc) is 3.91. The first-order chi connectivity index (χ1) is 31.8. The quantitative estimate of drug-likeness (QED) is 0.119. The van der Waals surface area contributed by atoms with Crippen molar-refractivity contribution in [1.29, 1.82) is 5.26 Å². The molecule has 3 N–H and O–H groups in total. The van der Waals surface area contributed by atoms with Gasteiger partial charge in [0.25, 0.3) is 5.91 Å². The molecule has 1 aromatic heterocycles. The highest BCUT2D eigenvalue weighted by Crippen LogP contribution is 2.55. The van der Waals surface area contributed by atoms with Crippen molar-refractivity contribution in [2.24, 2.45) is 22.7 Å². The van der Waals surface area contributed by atoms with Crippen molar-refractivity contribution < 1.29 is 33.5 Å². The number of likely N-dealkylation sites (tertiary alicyclic amines) is 2. The Balaban J connectivity index is 0.930. The molecule has 0 unspecified atom stereocenters.